The SMILES string of the molecule is CCOc1cc(/C=C2\SC(=O)N(CC(=O)N3CCCC3)C2=O)cc(I)c1OC(=O)c1ccccc1Cl. The van der Waals surface area contributed by atoms with Gasteiger partial charge in [0, 0.05) is 13.1 Å². The average Bonchev–Trinajstić information content (AvgIpc) is 3.47. The lowest BCUT2D eigenvalue weighted by Gasteiger charge is -2.18. The number of esters is 1. The molecule has 8 nitrogen and oxygen atoms in total. The number of thioether (sulfide) groups is 1. The second-order valence-corrected chi connectivity index (χ2v) is 10.6. The van der Waals surface area contributed by atoms with Crippen molar-refractivity contribution in [3.8, 4) is 11.5 Å². The van der Waals surface area contributed by atoms with E-state index in [1.807, 2.05) is 22.6 Å². The van der Waals surface area contributed by atoms with Crippen molar-refractivity contribution in [1.82, 2.24) is 9.80 Å². The van der Waals surface area contributed by atoms with E-state index in [2.05, 4.69) is 0 Å². The molecule has 2 fully saturated rings. The van der Waals surface area contributed by atoms with Crippen LogP contribution in [0.15, 0.2) is 41.3 Å². The van der Waals surface area contributed by atoms with Crippen molar-refractivity contribution in [3.63, 3.8) is 0 Å². The molecule has 2 aromatic rings. The Morgan fingerprint density at radius 1 is 1.17 bits per heavy atom. The summed E-state index contributed by atoms with van der Waals surface area (Å²) in [6, 6.07) is 9.91. The van der Waals surface area contributed by atoms with Gasteiger partial charge in [0.15, 0.2) is 11.5 Å². The van der Waals surface area contributed by atoms with Crippen LogP contribution in [0.1, 0.15) is 35.7 Å². The minimum Gasteiger partial charge on any atom is -0.490 e. The lowest BCUT2D eigenvalue weighted by Crippen LogP contribution is -2.40. The van der Waals surface area contributed by atoms with Crippen LogP contribution in [0.3, 0.4) is 0 Å². The van der Waals surface area contributed by atoms with Gasteiger partial charge in [-0.15, -0.1) is 0 Å². The number of amides is 3. The highest BCUT2D eigenvalue weighted by Gasteiger charge is 2.37. The van der Waals surface area contributed by atoms with Gasteiger partial charge in [-0.25, -0.2) is 4.79 Å². The third-order valence-corrected chi connectivity index (χ3v) is 7.58. The van der Waals surface area contributed by atoms with E-state index >= 15 is 0 Å². The van der Waals surface area contributed by atoms with Gasteiger partial charge in [-0.3, -0.25) is 19.3 Å². The van der Waals surface area contributed by atoms with Crippen molar-refractivity contribution in [3.05, 3.63) is 61.0 Å². The van der Waals surface area contributed by atoms with Gasteiger partial charge >= 0.3 is 5.97 Å². The Morgan fingerprint density at radius 2 is 1.89 bits per heavy atom. The maximum absolute atomic E-state index is 12.9. The van der Waals surface area contributed by atoms with Crippen LogP contribution in [0.5, 0.6) is 11.5 Å². The maximum atomic E-state index is 12.9. The lowest BCUT2D eigenvalue weighted by atomic mass is 10.1. The fourth-order valence-corrected chi connectivity index (χ4v) is 5.58. The van der Waals surface area contributed by atoms with Crippen LogP contribution >= 0.6 is 46.0 Å². The van der Waals surface area contributed by atoms with E-state index in [0.717, 1.165) is 29.5 Å². The summed E-state index contributed by atoms with van der Waals surface area (Å²) >= 11 is 8.92. The summed E-state index contributed by atoms with van der Waals surface area (Å²) < 4.78 is 11.9. The first-order valence-electron chi connectivity index (χ1n) is 11.2. The summed E-state index contributed by atoms with van der Waals surface area (Å²) in [5.41, 5.74) is 0.801. The van der Waals surface area contributed by atoms with E-state index in [0.29, 0.717) is 34.6 Å². The van der Waals surface area contributed by atoms with Crippen molar-refractivity contribution >= 4 is 75.1 Å². The normalized spacial score (nSPS) is 16.7. The third kappa shape index (κ3) is 5.87. The molecule has 36 heavy (non-hydrogen) atoms. The average molecular weight is 641 g/mol. The highest BCUT2D eigenvalue weighted by atomic mass is 127. The van der Waals surface area contributed by atoms with Gasteiger partial charge < -0.3 is 14.4 Å². The van der Waals surface area contributed by atoms with E-state index in [9.17, 15) is 19.2 Å². The van der Waals surface area contributed by atoms with Gasteiger partial charge in [0.05, 0.1) is 25.7 Å². The van der Waals surface area contributed by atoms with Crippen LogP contribution in [0.4, 0.5) is 4.79 Å². The summed E-state index contributed by atoms with van der Waals surface area (Å²) in [5, 5.41) is -0.213. The number of rotatable bonds is 7. The molecule has 0 bridgehead atoms. The minimum atomic E-state index is -0.629. The van der Waals surface area contributed by atoms with E-state index in [-0.39, 0.29) is 33.7 Å². The van der Waals surface area contributed by atoms with Gasteiger partial charge in [0.1, 0.15) is 6.54 Å². The zero-order chi connectivity index (χ0) is 25.8. The van der Waals surface area contributed by atoms with Gasteiger partial charge in [0.2, 0.25) is 5.91 Å². The quantitative estimate of drug-likeness (QED) is 0.177. The molecule has 0 N–H and O–H groups in total. The molecule has 2 aliphatic heterocycles. The Balaban J connectivity index is 1.56. The topological polar surface area (TPSA) is 93.2 Å². The first kappa shape index (κ1) is 26.5. The summed E-state index contributed by atoms with van der Waals surface area (Å²) in [7, 11) is 0. The van der Waals surface area contributed by atoms with Crippen LogP contribution in [-0.4, -0.2) is 59.1 Å². The first-order chi connectivity index (χ1) is 17.3. The smallest absolute Gasteiger partial charge is 0.345 e. The first-order valence-corrected chi connectivity index (χ1v) is 13.5. The Bertz CT molecular complexity index is 1260. The van der Waals surface area contributed by atoms with Gasteiger partial charge in [-0.05, 0) is 90.0 Å². The van der Waals surface area contributed by atoms with Crippen LogP contribution in [0.25, 0.3) is 6.08 Å². The summed E-state index contributed by atoms with van der Waals surface area (Å²) in [4.78, 5) is 53.4. The molecule has 2 aliphatic rings. The van der Waals surface area contributed by atoms with E-state index < -0.39 is 17.1 Å². The number of ether oxygens (including phenoxy) is 2. The number of imide groups is 1. The molecule has 188 valence electrons. The Kier molecular flexibility index (Phi) is 8.58. The predicted octanol–water partition coefficient (Wildman–Crippen LogP) is 5.22. The number of nitrogens with zero attached hydrogens (tertiary/aromatic N) is 2. The molecule has 0 saturated carbocycles. The highest BCUT2D eigenvalue weighted by Crippen LogP contribution is 2.38. The van der Waals surface area contributed by atoms with E-state index in [1.54, 1.807) is 54.3 Å². The molecule has 0 atom stereocenters. The zero-order valence-corrected chi connectivity index (χ0v) is 23.0. The van der Waals surface area contributed by atoms with Crippen molar-refractivity contribution < 1.29 is 28.7 Å². The largest absolute Gasteiger partial charge is 0.490 e. The molecule has 2 saturated heterocycles. The fraction of sp³-hybridized carbons (Fsp3) is 0.280. The molecule has 2 heterocycles. The molecular formula is C25H22ClIN2O6S. The van der Waals surface area contributed by atoms with Gasteiger partial charge in [-0.1, -0.05) is 23.7 Å². The summed E-state index contributed by atoms with van der Waals surface area (Å²) in [6.07, 6.45) is 3.42. The molecule has 0 radical (unpaired) electrons. The minimum absolute atomic E-state index is 0.202. The monoisotopic (exact) mass is 640 g/mol. The van der Waals surface area contributed by atoms with Crippen molar-refractivity contribution in [2.24, 2.45) is 0 Å². The molecule has 0 unspecified atom stereocenters. The predicted molar refractivity (Wildman–Crippen MR) is 145 cm³/mol. The Labute approximate surface area is 231 Å². The van der Waals surface area contributed by atoms with Crippen LogP contribution < -0.4 is 9.47 Å². The van der Waals surface area contributed by atoms with E-state index in [1.165, 1.54) is 0 Å². The number of hydrogen-bond acceptors (Lipinski definition) is 7. The number of carbonyl (C=O) groups is 4. The number of benzene rings is 2. The molecule has 3 amide bonds. The van der Waals surface area contributed by atoms with Crippen molar-refractivity contribution in [2.75, 3.05) is 26.2 Å². The second kappa shape index (κ2) is 11.7. The lowest BCUT2D eigenvalue weighted by molar-refractivity contribution is -0.135. The van der Waals surface area contributed by atoms with Crippen LogP contribution in [0, 0.1) is 3.57 Å². The van der Waals surface area contributed by atoms with Crippen LogP contribution in [-0.2, 0) is 9.59 Å². The molecule has 0 aromatic heterocycles. The number of hydrogen-bond donors (Lipinski definition) is 0. The van der Waals surface area contributed by atoms with Crippen molar-refractivity contribution in [2.45, 2.75) is 19.8 Å². The Hall–Kier alpha value is -2.57. The molecule has 0 aliphatic carbocycles. The summed E-state index contributed by atoms with van der Waals surface area (Å²) in [5.74, 6) is -0.840. The molecular weight excluding hydrogens is 619 g/mol. The fourth-order valence-electron chi connectivity index (χ4n) is 3.80. The molecule has 0 spiro atoms. The zero-order valence-electron chi connectivity index (χ0n) is 19.3. The second-order valence-electron chi connectivity index (χ2n) is 7.99. The van der Waals surface area contributed by atoms with E-state index in [4.69, 9.17) is 21.1 Å². The molecule has 11 heteroatoms. The summed E-state index contributed by atoms with van der Waals surface area (Å²) in [6.45, 7) is 3.14. The Morgan fingerprint density at radius 3 is 2.58 bits per heavy atom. The maximum Gasteiger partial charge on any atom is 0.345 e. The molecule has 2 aromatic carbocycles. The number of likely N-dealkylation sites (tertiary alicyclic amines) is 1. The van der Waals surface area contributed by atoms with Crippen LogP contribution in [0.2, 0.25) is 5.02 Å². The van der Waals surface area contributed by atoms with Gasteiger partial charge in [0.25, 0.3) is 11.1 Å². The highest BCUT2D eigenvalue weighted by molar-refractivity contribution is 14.1. The number of halogens is 2. The standard InChI is InChI=1S/C25H22ClIN2O6S/c1-2-34-19-12-15(11-18(27)22(19)35-24(32)16-7-3-4-8-17(16)26)13-20-23(31)29(25(33)36-20)14-21(30)28-9-5-6-10-28/h3-4,7-8,11-13H,2,5-6,9-10,14H2,1H3/b20-13-. The third-order valence-electron chi connectivity index (χ3n) is 5.54. The number of carbonyl (C=O) groups excluding carboxylic acids is 4. The molecule has 4 rings (SSSR count). The van der Waals surface area contributed by atoms with Crippen molar-refractivity contribution in [1.29, 1.82) is 0 Å². The van der Waals surface area contributed by atoms with Gasteiger partial charge in [-0.2, -0.15) is 0 Å².